The second-order valence-corrected chi connectivity index (χ2v) is 6.38. The van der Waals surface area contributed by atoms with Gasteiger partial charge in [0.25, 0.3) is 5.91 Å². The van der Waals surface area contributed by atoms with Gasteiger partial charge in [0, 0.05) is 25.7 Å². The minimum atomic E-state index is -0.0750. The third kappa shape index (κ3) is 7.31. The van der Waals surface area contributed by atoms with Crippen LogP contribution in [0.1, 0.15) is 28.4 Å². The Morgan fingerprint density at radius 3 is 2.68 bits per heavy atom. The van der Waals surface area contributed by atoms with E-state index in [-0.39, 0.29) is 5.91 Å². The summed E-state index contributed by atoms with van der Waals surface area (Å²) in [6.45, 7) is 6.72. The maximum Gasteiger partial charge on any atom is 0.251 e. The number of rotatable bonds is 9. The van der Waals surface area contributed by atoms with Crippen molar-refractivity contribution in [2.75, 3.05) is 33.3 Å². The quantitative estimate of drug-likeness (QED) is 0.354. The Morgan fingerprint density at radius 2 is 1.93 bits per heavy atom. The van der Waals surface area contributed by atoms with Gasteiger partial charge in [-0.25, -0.2) is 0 Å². The van der Waals surface area contributed by atoms with E-state index in [1.807, 2.05) is 62.4 Å². The van der Waals surface area contributed by atoms with Crippen LogP contribution in [0, 0.1) is 6.92 Å². The number of amides is 1. The van der Waals surface area contributed by atoms with Crippen LogP contribution < -0.4 is 20.7 Å². The first kappa shape index (κ1) is 21.3. The van der Waals surface area contributed by atoms with Crippen LogP contribution in [-0.2, 0) is 6.42 Å². The summed E-state index contributed by atoms with van der Waals surface area (Å²) in [5.41, 5.74) is 2.94. The summed E-state index contributed by atoms with van der Waals surface area (Å²) in [4.78, 5) is 16.3. The monoisotopic (exact) mass is 382 g/mol. The zero-order chi connectivity index (χ0) is 20.2. The standard InChI is InChI=1S/C22H30N4O2/c1-4-24-22(26-13-14-28-20-10-5-7-17(2)15-20)25-12-11-18-8-6-9-19(16-18)21(27)23-3/h5-10,15-16H,4,11-14H2,1-3H3,(H,23,27)(H2,24,25,26). The van der Waals surface area contributed by atoms with Crippen molar-refractivity contribution in [1.82, 2.24) is 16.0 Å². The van der Waals surface area contributed by atoms with Gasteiger partial charge >= 0.3 is 0 Å². The zero-order valence-corrected chi connectivity index (χ0v) is 16.9. The largest absolute Gasteiger partial charge is 0.492 e. The van der Waals surface area contributed by atoms with Gasteiger partial charge in [-0.15, -0.1) is 0 Å². The molecule has 6 heteroatoms. The van der Waals surface area contributed by atoms with Crippen LogP contribution in [0.2, 0.25) is 0 Å². The average Bonchev–Trinajstić information content (AvgIpc) is 2.71. The highest BCUT2D eigenvalue weighted by Gasteiger charge is 2.04. The van der Waals surface area contributed by atoms with Crippen molar-refractivity contribution in [3.63, 3.8) is 0 Å². The smallest absolute Gasteiger partial charge is 0.251 e. The van der Waals surface area contributed by atoms with Gasteiger partial charge in [-0.2, -0.15) is 0 Å². The van der Waals surface area contributed by atoms with Gasteiger partial charge in [0.2, 0.25) is 0 Å². The SMILES string of the molecule is CCNC(=NCCc1cccc(C(=O)NC)c1)NCCOc1cccc(C)c1. The molecule has 0 saturated carbocycles. The first-order valence-corrected chi connectivity index (χ1v) is 9.65. The van der Waals surface area contributed by atoms with Crippen LogP contribution in [0.4, 0.5) is 0 Å². The number of nitrogens with one attached hydrogen (secondary N) is 3. The van der Waals surface area contributed by atoms with Crippen molar-refractivity contribution >= 4 is 11.9 Å². The molecule has 0 aliphatic carbocycles. The van der Waals surface area contributed by atoms with Crippen LogP contribution in [0.25, 0.3) is 0 Å². The molecule has 0 radical (unpaired) electrons. The average molecular weight is 383 g/mol. The Kier molecular flexibility index (Phi) is 8.85. The van der Waals surface area contributed by atoms with E-state index in [4.69, 9.17) is 4.74 Å². The van der Waals surface area contributed by atoms with Crippen molar-refractivity contribution in [3.8, 4) is 5.75 Å². The molecule has 28 heavy (non-hydrogen) atoms. The van der Waals surface area contributed by atoms with E-state index < -0.39 is 0 Å². The van der Waals surface area contributed by atoms with Crippen molar-refractivity contribution in [2.45, 2.75) is 20.3 Å². The summed E-state index contributed by atoms with van der Waals surface area (Å²) in [6, 6.07) is 15.6. The first-order chi connectivity index (χ1) is 13.6. The molecule has 0 aromatic heterocycles. The number of benzene rings is 2. The molecule has 2 aromatic carbocycles. The molecule has 2 rings (SSSR count). The van der Waals surface area contributed by atoms with Crippen LogP contribution in [0.15, 0.2) is 53.5 Å². The minimum Gasteiger partial charge on any atom is -0.492 e. The third-order valence-corrected chi connectivity index (χ3v) is 4.08. The molecule has 0 aliphatic heterocycles. The highest BCUT2D eigenvalue weighted by molar-refractivity contribution is 5.94. The molecular weight excluding hydrogens is 352 g/mol. The van der Waals surface area contributed by atoms with E-state index in [0.29, 0.717) is 25.3 Å². The van der Waals surface area contributed by atoms with Gasteiger partial charge in [0.15, 0.2) is 5.96 Å². The van der Waals surface area contributed by atoms with E-state index in [1.54, 1.807) is 7.05 Å². The van der Waals surface area contributed by atoms with Crippen molar-refractivity contribution < 1.29 is 9.53 Å². The number of hydrogen-bond acceptors (Lipinski definition) is 3. The number of aliphatic imine (C=N–C) groups is 1. The maximum atomic E-state index is 11.7. The molecule has 150 valence electrons. The van der Waals surface area contributed by atoms with Crippen molar-refractivity contribution in [2.24, 2.45) is 4.99 Å². The van der Waals surface area contributed by atoms with Crippen LogP contribution in [0.5, 0.6) is 5.75 Å². The Balaban J connectivity index is 1.80. The van der Waals surface area contributed by atoms with E-state index in [9.17, 15) is 4.79 Å². The molecule has 0 atom stereocenters. The Bertz CT molecular complexity index is 790. The Morgan fingerprint density at radius 1 is 1.11 bits per heavy atom. The molecule has 0 spiro atoms. The topological polar surface area (TPSA) is 74.8 Å². The predicted molar refractivity (Wildman–Crippen MR) is 114 cm³/mol. The molecule has 0 unspecified atom stereocenters. The molecule has 0 saturated heterocycles. The summed E-state index contributed by atoms with van der Waals surface area (Å²) < 4.78 is 5.75. The highest BCUT2D eigenvalue weighted by atomic mass is 16.5. The fourth-order valence-corrected chi connectivity index (χ4v) is 2.69. The van der Waals surface area contributed by atoms with E-state index in [0.717, 1.165) is 30.2 Å². The maximum absolute atomic E-state index is 11.7. The van der Waals surface area contributed by atoms with E-state index in [1.165, 1.54) is 5.56 Å². The van der Waals surface area contributed by atoms with Crippen LogP contribution in [0.3, 0.4) is 0 Å². The minimum absolute atomic E-state index is 0.0750. The van der Waals surface area contributed by atoms with Crippen LogP contribution in [-0.4, -0.2) is 45.2 Å². The molecule has 0 heterocycles. The number of hydrogen-bond donors (Lipinski definition) is 3. The van der Waals surface area contributed by atoms with E-state index in [2.05, 4.69) is 20.9 Å². The van der Waals surface area contributed by atoms with Crippen LogP contribution >= 0.6 is 0 Å². The lowest BCUT2D eigenvalue weighted by atomic mass is 10.1. The summed E-state index contributed by atoms with van der Waals surface area (Å²) >= 11 is 0. The summed E-state index contributed by atoms with van der Waals surface area (Å²) in [7, 11) is 1.64. The third-order valence-electron chi connectivity index (χ3n) is 4.08. The lowest BCUT2D eigenvalue weighted by Crippen LogP contribution is -2.39. The zero-order valence-electron chi connectivity index (χ0n) is 16.9. The molecule has 6 nitrogen and oxygen atoms in total. The van der Waals surface area contributed by atoms with Gasteiger partial charge in [-0.3, -0.25) is 9.79 Å². The first-order valence-electron chi connectivity index (χ1n) is 9.65. The van der Waals surface area contributed by atoms with Crippen molar-refractivity contribution in [1.29, 1.82) is 0 Å². The lowest BCUT2D eigenvalue weighted by Gasteiger charge is -2.12. The number of nitrogens with zero attached hydrogens (tertiary/aromatic N) is 1. The summed E-state index contributed by atoms with van der Waals surface area (Å²) in [5, 5.41) is 9.16. The number of ether oxygens (including phenoxy) is 1. The predicted octanol–water partition coefficient (Wildman–Crippen LogP) is 2.53. The van der Waals surface area contributed by atoms with Gasteiger partial charge < -0.3 is 20.7 Å². The molecule has 0 fully saturated rings. The summed E-state index contributed by atoms with van der Waals surface area (Å²) in [6.07, 6.45) is 0.765. The molecule has 3 N–H and O–H groups in total. The second-order valence-electron chi connectivity index (χ2n) is 6.38. The number of carbonyl (C=O) groups excluding carboxylic acids is 1. The number of aryl methyl sites for hydroxylation is 1. The molecule has 1 amide bonds. The molecular formula is C22H30N4O2. The Labute approximate surface area is 167 Å². The summed E-state index contributed by atoms with van der Waals surface area (Å²) in [5.74, 6) is 1.56. The van der Waals surface area contributed by atoms with Gasteiger partial charge in [-0.1, -0.05) is 24.3 Å². The fraction of sp³-hybridized carbons (Fsp3) is 0.364. The molecule has 0 aliphatic rings. The van der Waals surface area contributed by atoms with Crippen molar-refractivity contribution in [3.05, 3.63) is 65.2 Å². The van der Waals surface area contributed by atoms with Gasteiger partial charge in [0.05, 0.1) is 6.54 Å². The van der Waals surface area contributed by atoms with Gasteiger partial charge in [-0.05, 0) is 55.7 Å². The number of carbonyl (C=O) groups is 1. The fourth-order valence-electron chi connectivity index (χ4n) is 2.69. The highest BCUT2D eigenvalue weighted by Crippen LogP contribution is 2.11. The lowest BCUT2D eigenvalue weighted by molar-refractivity contribution is 0.0963. The Hall–Kier alpha value is -3.02. The normalized spacial score (nSPS) is 11.0. The number of guanidine groups is 1. The molecule has 2 aromatic rings. The van der Waals surface area contributed by atoms with Gasteiger partial charge in [0.1, 0.15) is 12.4 Å². The van der Waals surface area contributed by atoms with E-state index >= 15 is 0 Å². The molecule has 0 bridgehead atoms. The second kappa shape index (κ2) is 11.6.